The van der Waals surface area contributed by atoms with Gasteiger partial charge in [-0.1, -0.05) is 0 Å². The standard InChI is InChI=1S/C19H20N4O4S.2C2HF3O2/c24-18(15-3-7-21-8-4-15)22-11-16-9-17-19(12-22,27-16)13-23(28(17,25)26)10-14-1-5-20-6-2-14;2*3-2(4,5)1(6)7/h1-8,16-17H,9-13H2;2*(H,6,7)/t16-,17+,19+;;/m1../s1. The van der Waals surface area contributed by atoms with Crippen LogP contribution in [0.5, 0.6) is 0 Å². The molecule has 3 aliphatic rings. The molecule has 2 aromatic heterocycles. The highest BCUT2D eigenvalue weighted by Gasteiger charge is 2.65. The summed E-state index contributed by atoms with van der Waals surface area (Å²) in [5.41, 5.74) is 0.572. The fourth-order valence-electron chi connectivity index (χ4n) is 4.61. The van der Waals surface area contributed by atoms with E-state index in [0.717, 1.165) is 5.56 Å². The van der Waals surface area contributed by atoms with Gasteiger partial charge in [-0.3, -0.25) is 14.8 Å². The summed E-state index contributed by atoms with van der Waals surface area (Å²) < 4.78 is 97.5. The first-order chi connectivity index (χ1) is 19.4. The number of amides is 1. The zero-order valence-electron chi connectivity index (χ0n) is 21.1. The topological polar surface area (TPSA) is 167 Å². The molecule has 19 heteroatoms. The molecule has 2 bridgehead atoms. The van der Waals surface area contributed by atoms with Crippen molar-refractivity contribution in [1.82, 2.24) is 19.2 Å². The zero-order valence-corrected chi connectivity index (χ0v) is 21.9. The molecule has 1 amide bonds. The number of rotatable bonds is 3. The number of aliphatic carboxylic acids is 2. The zero-order chi connectivity index (χ0) is 31.5. The molecule has 0 unspecified atom stereocenters. The summed E-state index contributed by atoms with van der Waals surface area (Å²) in [4.78, 5) is 40.4. The fourth-order valence-corrected chi connectivity index (χ4v) is 6.91. The van der Waals surface area contributed by atoms with E-state index in [9.17, 15) is 39.6 Å². The van der Waals surface area contributed by atoms with Crippen LogP contribution < -0.4 is 0 Å². The van der Waals surface area contributed by atoms with E-state index in [1.807, 2.05) is 12.1 Å². The Balaban J connectivity index is 0.000000289. The Morgan fingerprint density at radius 3 is 1.86 bits per heavy atom. The van der Waals surface area contributed by atoms with Gasteiger partial charge in [0.25, 0.3) is 5.91 Å². The number of likely N-dealkylation sites (tertiary alicyclic amines) is 1. The third kappa shape index (κ3) is 7.51. The van der Waals surface area contributed by atoms with Crippen LogP contribution in [0.15, 0.2) is 49.1 Å². The van der Waals surface area contributed by atoms with E-state index in [1.54, 1.807) is 41.8 Å². The summed E-state index contributed by atoms with van der Waals surface area (Å²) >= 11 is 0. The highest BCUT2D eigenvalue weighted by Crippen LogP contribution is 2.47. The lowest BCUT2D eigenvalue weighted by Gasteiger charge is -2.39. The van der Waals surface area contributed by atoms with Crippen molar-refractivity contribution in [2.45, 2.75) is 42.3 Å². The predicted octanol–water partition coefficient (Wildman–Crippen LogP) is 1.94. The van der Waals surface area contributed by atoms with Crippen molar-refractivity contribution in [3.05, 3.63) is 60.2 Å². The number of hydrogen-bond donors (Lipinski definition) is 2. The molecule has 3 atom stereocenters. The molecule has 3 fully saturated rings. The van der Waals surface area contributed by atoms with E-state index < -0.39 is 45.2 Å². The second-order valence-electron chi connectivity index (χ2n) is 9.22. The van der Waals surface area contributed by atoms with Gasteiger partial charge in [0.05, 0.1) is 12.6 Å². The number of halogens is 6. The van der Waals surface area contributed by atoms with Crippen LogP contribution in [0.25, 0.3) is 0 Å². The van der Waals surface area contributed by atoms with E-state index in [2.05, 4.69) is 9.97 Å². The summed E-state index contributed by atoms with van der Waals surface area (Å²) in [7, 11) is -3.50. The number of hydrogen-bond acceptors (Lipinski definition) is 8. The van der Waals surface area contributed by atoms with Crippen LogP contribution >= 0.6 is 0 Å². The first-order valence-corrected chi connectivity index (χ1v) is 13.2. The van der Waals surface area contributed by atoms with Crippen LogP contribution in [-0.4, -0.2) is 105 Å². The quantitative estimate of drug-likeness (QED) is 0.480. The number of morpholine rings is 1. The van der Waals surface area contributed by atoms with E-state index in [4.69, 9.17) is 24.5 Å². The smallest absolute Gasteiger partial charge is 0.475 e. The summed E-state index contributed by atoms with van der Waals surface area (Å²) in [6, 6.07) is 6.97. The molecule has 2 aromatic rings. The minimum atomic E-state index is -5.08. The highest BCUT2D eigenvalue weighted by molar-refractivity contribution is 7.90. The molecule has 0 radical (unpaired) electrons. The predicted molar refractivity (Wildman–Crippen MR) is 127 cm³/mol. The first kappa shape index (κ1) is 32.7. The van der Waals surface area contributed by atoms with Crippen LogP contribution in [-0.2, 0) is 30.9 Å². The first-order valence-electron chi connectivity index (χ1n) is 11.7. The molecule has 1 spiro atoms. The van der Waals surface area contributed by atoms with Gasteiger partial charge in [-0.25, -0.2) is 18.0 Å². The van der Waals surface area contributed by atoms with Gasteiger partial charge in [-0.15, -0.1) is 0 Å². The molecule has 230 valence electrons. The molecular weight excluding hydrogens is 606 g/mol. The van der Waals surface area contributed by atoms with Gasteiger partial charge in [0.15, 0.2) is 0 Å². The van der Waals surface area contributed by atoms with Crippen LogP contribution in [0.1, 0.15) is 22.3 Å². The molecule has 5 rings (SSSR count). The Morgan fingerprint density at radius 1 is 0.905 bits per heavy atom. The van der Waals surface area contributed by atoms with E-state index in [1.165, 1.54) is 4.31 Å². The number of carbonyl (C=O) groups excluding carboxylic acids is 1. The molecule has 42 heavy (non-hydrogen) atoms. The molecule has 3 aliphatic heterocycles. The van der Waals surface area contributed by atoms with E-state index >= 15 is 0 Å². The molecule has 0 saturated carbocycles. The summed E-state index contributed by atoms with van der Waals surface area (Å²) in [5, 5.41) is 13.6. The number of pyridine rings is 2. The summed E-state index contributed by atoms with van der Waals surface area (Å²) in [5.74, 6) is -5.62. The van der Waals surface area contributed by atoms with Crippen molar-refractivity contribution in [2.24, 2.45) is 0 Å². The van der Waals surface area contributed by atoms with Crippen LogP contribution in [0.2, 0.25) is 0 Å². The number of sulfonamides is 1. The van der Waals surface area contributed by atoms with E-state index in [-0.39, 0.29) is 31.6 Å². The number of carboxylic acids is 2. The lowest BCUT2D eigenvalue weighted by Crippen LogP contribution is -2.56. The van der Waals surface area contributed by atoms with Crippen molar-refractivity contribution in [3.8, 4) is 0 Å². The SMILES string of the molecule is O=C(O)C(F)(F)F.O=C(O)C(F)(F)F.O=C(c1ccncc1)N1C[C@H]2C[C@H]3[C@](C1)(CN(Cc1ccncc1)S3(=O)=O)O2. The van der Waals surface area contributed by atoms with Crippen LogP contribution in [0, 0.1) is 0 Å². The van der Waals surface area contributed by atoms with Gasteiger partial charge in [0.2, 0.25) is 10.0 Å². The van der Waals surface area contributed by atoms with Gasteiger partial charge < -0.3 is 19.8 Å². The minimum Gasteiger partial charge on any atom is -0.475 e. The number of nitrogens with zero attached hydrogens (tertiary/aromatic N) is 4. The number of carboxylic acid groups (broad SMARTS) is 2. The average Bonchev–Trinajstić information content (AvgIpc) is 3.28. The van der Waals surface area contributed by atoms with Gasteiger partial charge in [0, 0.05) is 50.0 Å². The van der Waals surface area contributed by atoms with Gasteiger partial charge in [-0.05, 0) is 36.2 Å². The number of ether oxygens (including phenoxy) is 1. The molecule has 0 aliphatic carbocycles. The molecule has 2 N–H and O–H groups in total. The second kappa shape index (κ2) is 12.2. The maximum atomic E-state index is 13.2. The van der Waals surface area contributed by atoms with Gasteiger partial charge in [-0.2, -0.15) is 30.6 Å². The average molecular weight is 629 g/mol. The molecular formula is C23H22F6N4O8S. The van der Waals surface area contributed by atoms with Crippen molar-refractivity contribution in [3.63, 3.8) is 0 Å². The molecule has 12 nitrogen and oxygen atoms in total. The third-order valence-electron chi connectivity index (χ3n) is 6.32. The normalized spacial score (nSPS) is 24.4. The number of aromatic nitrogens is 2. The number of carbonyl (C=O) groups is 3. The lowest BCUT2D eigenvalue weighted by molar-refractivity contribution is -0.193. The Kier molecular flexibility index (Phi) is 9.47. The number of alkyl halides is 6. The second-order valence-corrected chi connectivity index (χ2v) is 11.3. The minimum absolute atomic E-state index is 0.110. The Hall–Kier alpha value is -3.84. The summed E-state index contributed by atoms with van der Waals surface area (Å²) in [6.45, 7) is 1.25. The summed E-state index contributed by atoms with van der Waals surface area (Å²) in [6.07, 6.45) is -3.52. The van der Waals surface area contributed by atoms with Crippen molar-refractivity contribution < 1.29 is 64.1 Å². The maximum Gasteiger partial charge on any atom is 0.490 e. The van der Waals surface area contributed by atoms with Crippen LogP contribution in [0.3, 0.4) is 0 Å². The fraction of sp³-hybridized carbons (Fsp3) is 0.435. The maximum absolute atomic E-state index is 13.2. The van der Waals surface area contributed by atoms with Gasteiger partial charge >= 0.3 is 24.3 Å². The number of fused-ring (bicyclic) bond motifs is 1. The van der Waals surface area contributed by atoms with E-state index in [0.29, 0.717) is 18.5 Å². The highest BCUT2D eigenvalue weighted by atomic mass is 32.2. The molecule has 5 heterocycles. The lowest BCUT2D eigenvalue weighted by atomic mass is 9.99. The third-order valence-corrected chi connectivity index (χ3v) is 8.64. The Bertz CT molecular complexity index is 1370. The van der Waals surface area contributed by atoms with Crippen molar-refractivity contribution >= 4 is 27.9 Å². The molecule has 3 saturated heterocycles. The Labute approximate surface area is 233 Å². The van der Waals surface area contributed by atoms with Crippen molar-refractivity contribution in [2.75, 3.05) is 19.6 Å². The molecule has 0 aromatic carbocycles. The monoisotopic (exact) mass is 628 g/mol. The Morgan fingerprint density at radius 2 is 1.38 bits per heavy atom. The van der Waals surface area contributed by atoms with Crippen LogP contribution in [0.4, 0.5) is 26.3 Å². The largest absolute Gasteiger partial charge is 0.490 e. The van der Waals surface area contributed by atoms with Gasteiger partial charge in [0.1, 0.15) is 10.9 Å². The van der Waals surface area contributed by atoms with Crippen molar-refractivity contribution in [1.29, 1.82) is 0 Å².